The summed E-state index contributed by atoms with van der Waals surface area (Å²) in [7, 11) is 0. The lowest BCUT2D eigenvalue weighted by atomic mass is 9.91. The highest BCUT2D eigenvalue weighted by atomic mass is 16.6. The molecule has 0 aliphatic carbocycles. The summed E-state index contributed by atoms with van der Waals surface area (Å²) >= 11 is 0. The molecule has 2 heterocycles. The monoisotopic (exact) mass is 738 g/mol. The summed E-state index contributed by atoms with van der Waals surface area (Å²) in [5, 5.41) is 23.4. The van der Waals surface area contributed by atoms with Gasteiger partial charge in [0.05, 0.1) is 29.6 Å². The molecule has 0 fully saturated rings. The smallest absolute Gasteiger partial charge is 0.408 e. The fourth-order valence-corrected chi connectivity index (χ4v) is 5.73. The summed E-state index contributed by atoms with van der Waals surface area (Å²) < 4.78 is 10.7. The number of ether oxygens (including phenoxy) is 2. The molecule has 286 valence electrons. The van der Waals surface area contributed by atoms with Crippen LogP contribution in [0.15, 0.2) is 109 Å². The Balaban J connectivity index is 1.54. The number of aromatic nitrogens is 2. The molecule has 0 radical (unpaired) electrons. The maximum atomic E-state index is 13.9. The molecule has 54 heavy (non-hydrogen) atoms. The lowest BCUT2D eigenvalue weighted by Gasteiger charge is -2.34. The van der Waals surface area contributed by atoms with Crippen molar-refractivity contribution in [3.63, 3.8) is 0 Å². The third-order valence-corrected chi connectivity index (χ3v) is 8.68. The molecule has 4 rings (SSSR count). The summed E-state index contributed by atoms with van der Waals surface area (Å²) in [6.45, 7) is 6.97. The largest absolute Gasteiger partial charge is 0.443 e. The number of nitrogens with zero attached hydrogens (tertiary/aromatic N) is 2. The van der Waals surface area contributed by atoms with Crippen LogP contribution in [0.1, 0.15) is 50.2 Å². The molecule has 4 atom stereocenters. The Morgan fingerprint density at radius 1 is 0.556 bits per heavy atom. The number of aliphatic hydroxyl groups excluding tert-OH is 1. The van der Waals surface area contributed by atoms with Crippen LogP contribution in [0.3, 0.4) is 0 Å². The van der Waals surface area contributed by atoms with Crippen molar-refractivity contribution in [2.45, 2.75) is 84.0 Å². The summed E-state index contributed by atoms with van der Waals surface area (Å²) in [5.41, 5.74) is 2.75. The summed E-state index contributed by atoms with van der Waals surface area (Å²) in [4.78, 5) is 61.8. The number of hydrogen-bond acceptors (Lipinski definition) is 9. The molecule has 2 aromatic carbocycles. The average Bonchev–Trinajstić information content (AvgIpc) is 3.17. The van der Waals surface area contributed by atoms with E-state index in [1.165, 1.54) is 0 Å². The predicted molar refractivity (Wildman–Crippen MR) is 203 cm³/mol. The fourth-order valence-electron chi connectivity index (χ4n) is 5.73. The normalized spacial score (nSPS) is 13.8. The minimum Gasteiger partial charge on any atom is -0.443 e. The molecule has 0 spiro atoms. The van der Waals surface area contributed by atoms with Crippen molar-refractivity contribution in [3.8, 4) is 0 Å². The molecule has 2 unspecified atom stereocenters. The van der Waals surface area contributed by atoms with E-state index in [-0.39, 0.29) is 37.9 Å². The molecule has 5 N–H and O–H groups in total. The Morgan fingerprint density at radius 2 is 0.926 bits per heavy atom. The van der Waals surface area contributed by atoms with Crippen LogP contribution in [0.4, 0.5) is 9.59 Å². The van der Waals surface area contributed by atoms with Gasteiger partial charge in [-0.2, -0.15) is 0 Å². The quantitative estimate of drug-likeness (QED) is 0.0983. The molecule has 13 heteroatoms. The fraction of sp³-hybridized carbons (Fsp3) is 0.366. The molecule has 0 aliphatic heterocycles. The number of carbonyl (C=O) groups excluding carboxylic acids is 4. The molecule has 4 amide bonds. The van der Waals surface area contributed by atoms with Crippen molar-refractivity contribution < 1.29 is 33.8 Å². The Hall–Kier alpha value is -5.82. The highest BCUT2D eigenvalue weighted by Gasteiger charge is 2.36. The number of benzene rings is 2. The van der Waals surface area contributed by atoms with Crippen LogP contribution >= 0.6 is 0 Å². The zero-order valence-corrected chi connectivity index (χ0v) is 31.1. The van der Waals surface area contributed by atoms with Gasteiger partial charge in [0.25, 0.3) is 0 Å². The third kappa shape index (κ3) is 13.3. The molecule has 0 saturated carbocycles. The number of nitrogens with one attached hydrogen (secondary N) is 4. The molecule has 0 saturated heterocycles. The predicted octanol–water partition coefficient (Wildman–Crippen LogP) is 4.49. The van der Waals surface area contributed by atoms with Gasteiger partial charge in [-0.1, -0.05) is 100 Å². The van der Waals surface area contributed by atoms with Crippen LogP contribution in [-0.2, 0) is 45.1 Å². The van der Waals surface area contributed by atoms with Crippen molar-refractivity contribution in [2.24, 2.45) is 11.8 Å². The summed E-state index contributed by atoms with van der Waals surface area (Å²) in [6, 6.07) is 25.3. The van der Waals surface area contributed by atoms with Gasteiger partial charge < -0.3 is 35.8 Å². The van der Waals surface area contributed by atoms with Gasteiger partial charge in [-0.25, -0.2) is 9.59 Å². The molecule has 2 aromatic heterocycles. The van der Waals surface area contributed by atoms with Gasteiger partial charge in [-0.3, -0.25) is 19.6 Å². The van der Waals surface area contributed by atoms with E-state index in [0.717, 1.165) is 11.1 Å². The van der Waals surface area contributed by atoms with E-state index in [0.29, 0.717) is 11.4 Å². The highest BCUT2D eigenvalue weighted by molar-refractivity contribution is 5.87. The van der Waals surface area contributed by atoms with Gasteiger partial charge in [-0.05, 0) is 60.1 Å². The van der Waals surface area contributed by atoms with Crippen LogP contribution in [0.2, 0.25) is 0 Å². The first-order valence-electron chi connectivity index (χ1n) is 18.0. The average molecular weight is 739 g/mol. The maximum absolute atomic E-state index is 13.9. The number of aliphatic hydroxyl groups is 1. The molecule has 0 aliphatic rings. The zero-order valence-electron chi connectivity index (χ0n) is 31.1. The lowest BCUT2D eigenvalue weighted by Crippen LogP contribution is -2.61. The van der Waals surface area contributed by atoms with Gasteiger partial charge >= 0.3 is 12.2 Å². The number of amides is 4. The first-order valence-corrected chi connectivity index (χ1v) is 18.0. The first-order chi connectivity index (χ1) is 26.0. The van der Waals surface area contributed by atoms with Crippen LogP contribution in [0.5, 0.6) is 0 Å². The molecule has 0 bridgehead atoms. The van der Waals surface area contributed by atoms with E-state index in [1.54, 1.807) is 76.5 Å². The SMILES string of the molecule is CC(C)[C@H](NC(=O)OCc1ccccn1)C(=O)NC(Cc1ccccc1)C(O)C(Cc1ccccc1)NC(=O)[C@@H](NC(=O)OCc1ccccn1)C(C)C. The minimum atomic E-state index is -1.33. The lowest BCUT2D eigenvalue weighted by molar-refractivity contribution is -0.126. The first kappa shape index (κ1) is 40.9. The van der Waals surface area contributed by atoms with Crippen molar-refractivity contribution in [2.75, 3.05) is 0 Å². The Bertz CT molecular complexity index is 1620. The second kappa shape index (κ2) is 21.0. The van der Waals surface area contributed by atoms with Crippen LogP contribution in [-0.4, -0.2) is 69.3 Å². The van der Waals surface area contributed by atoms with Crippen molar-refractivity contribution in [1.29, 1.82) is 0 Å². The van der Waals surface area contributed by atoms with Gasteiger partial charge in [0.1, 0.15) is 25.3 Å². The molecular weight excluding hydrogens is 688 g/mol. The summed E-state index contributed by atoms with van der Waals surface area (Å²) in [6.07, 6.45) is 0.664. The second-order valence-corrected chi connectivity index (χ2v) is 13.6. The zero-order chi connectivity index (χ0) is 38.9. The van der Waals surface area contributed by atoms with Crippen LogP contribution in [0, 0.1) is 11.8 Å². The number of alkyl carbamates (subject to hydrolysis) is 2. The van der Waals surface area contributed by atoms with E-state index in [1.807, 2.05) is 60.7 Å². The van der Waals surface area contributed by atoms with Gasteiger partial charge in [0, 0.05) is 12.4 Å². The minimum absolute atomic E-state index is 0.0799. The highest BCUT2D eigenvalue weighted by Crippen LogP contribution is 2.16. The van der Waals surface area contributed by atoms with Crippen molar-refractivity contribution in [1.82, 2.24) is 31.2 Å². The standard InChI is InChI=1S/C41H50N6O7/c1-27(2)35(46-40(51)53-25-31-19-11-13-21-42-31)38(49)44-33(23-29-15-7-5-8-16-29)37(48)34(24-30-17-9-6-10-18-30)45-39(50)36(28(3)4)47-41(52)54-26-32-20-12-14-22-43-32/h5-22,27-28,33-37,48H,23-26H2,1-4H3,(H,44,49)(H,45,50)(H,46,51)(H,47,52)/t33?,34?,35-,36-,37?/m0/s1. The third-order valence-electron chi connectivity index (χ3n) is 8.68. The number of rotatable bonds is 18. The topological polar surface area (TPSA) is 181 Å². The second-order valence-electron chi connectivity index (χ2n) is 13.6. The van der Waals surface area contributed by atoms with Gasteiger partial charge in [0.15, 0.2) is 0 Å². The van der Waals surface area contributed by atoms with E-state index in [2.05, 4.69) is 31.2 Å². The number of pyridine rings is 2. The van der Waals surface area contributed by atoms with Gasteiger partial charge in [-0.15, -0.1) is 0 Å². The van der Waals surface area contributed by atoms with E-state index in [9.17, 15) is 24.3 Å². The van der Waals surface area contributed by atoms with E-state index in [4.69, 9.17) is 9.47 Å². The summed E-state index contributed by atoms with van der Waals surface area (Å²) in [5.74, 6) is -1.78. The molecular formula is C41H50N6O7. The van der Waals surface area contributed by atoms with Crippen molar-refractivity contribution in [3.05, 3.63) is 132 Å². The molecule has 13 nitrogen and oxygen atoms in total. The Labute approximate surface area is 316 Å². The molecule has 4 aromatic rings. The van der Waals surface area contributed by atoms with Gasteiger partial charge in [0.2, 0.25) is 11.8 Å². The van der Waals surface area contributed by atoms with Crippen molar-refractivity contribution >= 4 is 24.0 Å². The van der Waals surface area contributed by atoms with E-state index < -0.39 is 54.3 Å². The Kier molecular flexibility index (Phi) is 15.9. The van der Waals surface area contributed by atoms with Crippen LogP contribution in [0.25, 0.3) is 0 Å². The van der Waals surface area contributed by atoms with E-state index >= 15 is 0 Å². The number of hydrogen-bond donors (Lipinski definition) is 5. The van der Waals surface area contributed by atoms with Crippen LogP contribution < -0.4 is 21.3 Å². The maximum Gasteiger partial charge on any atom is 0.408 e. The Morgan fingerprint density at radius 3 is 1.26 bits per heavy atom. The number of carbonyl (C=O) groups is 4.